The second-order valence-corrected chi connectivity index (χ2v) is 6.18. The maximum absolute atomic E-state index is 11.4. The summed E-state index contributed by atoms with van der Waals surface area (Å²) >= 11 is 0. The maximum Gasteiger partial charge on any atom is 0.320 e. The number of carbonyl (C=O) groups is 2. The Morgan fingerprint density at radius 2 is 2.00 bits per heavy atom. The van der Waals surface area contributed by atoms with Gasteiger partial charge in [0.25, 0.3) is 5.69 Å². The van der Waals surface area contributed by atoms with Gasteiger partial charge in [0.05, 0.1) is 11.0 Å². The highest BCUT2D eigenvalue weighted by atomic mass is 16.6. The molecule has 0 spiro atoms. The number of nitro benzene ring substituents is 1. The number of amides is 1. The van der Waals surface area contributed by atoms with Crippen molar-refractivity contribution in [3.63, 3.8) is 0 Å². The Kier molecular flexibility index (Phi) is 7.98. The van der Waals surface area contributed by atoms with E-state index < -0.39 is 16.9 Å². The van der Waals surface area contributed by atoms with Crippen LogP contribution in [0.5, 0.6) is 5.75 Å². The number of ether oxygens (including phenoxy) is 1. The summed E-state index contributed by atoms with van der Waals surface area (Å²) in [6, 6.07) is 3.42. The van der Waals surface area contributed by atoms with E-state index in [1.54, 1.807) is 4.90 Å². The molecule has 0 radical (unpaired) electrons. The van der Waals surface area contributed by atoms with Crippen molar-refractivity contribution in [2.45, 2.75) is 46.4 Å². The number of rotatable bonds is 10. The molecule has 0 aliphatic heterocycles. The molecule has 0 bridgehead atoms. The van der Waals surface area contributed by atoms with Gasteiger partial charge in [-0.2, -0.15) is 0 Å². The van der Waals surface area contributed by atoms with Gasteiger partial charge in [-0.25, -0.2) is 0 Å². The molecule has 1 rings (SSSR count). The normalized spacial score (nSPS) is 12.1. The summed E-state index contributed by atoms with van der Waals surface area (Å²) in [5.41, 5.74) is 0.421. The van der Waals surface area contributed by atoms with Crippen molar-refractivity contribution in [1.29, 1.82) is 0 Å². The van der Waals surface area contributed by atoms with Crippen molar-refractivity contribution < 1.29 is 24.4 Å². The Labute approximate surface area is 152 Å². The molecule has 0 fully saturated rings. The Morgan fingerprint density at radius 3 is 2.50 bits per heavy atom. The summed E-state index contributed by atoms with van der Waals surface area (Å²) in [5.74, 6) is -0.774. The van der Waals surface area contributed by atoms with Gasteiger partial charge in [-0.1, -0.05) is 0 Å². The first-order valence-corrected chi connectivity index (χ1v) is 8.27. The molecule has 9 heteroatoms. The second kappa shape index (κ2) is 9.71. The lowest BCUT2D eigenvalue weighted by Crippen LogP contribution is -2.42. The monoisotopic (exact) mass is 367 g/mol. The van der Waals surface area contributed by atoms with Gasteiger partial charge in [-0.05, 0) is 26.8 Å². The fraction of sp³-hybridized carbons (Fsp3) is 0.529. The number of carboxylic acid groups (broad SMARTS) is 1. The molecule has 0 aromatic heterocycles. The van der Waals surface area contributed by atoms with Crippen molar-refractivity contribution in [2.75, 3.05) is 13.1 Å². The van der Waals surface area contributed by atoms with E-state index in [9.17, 15) is 24.8 Å². The molecule has 0 aliphatic rings. The Balaban J connectivity index is 3.12. The van der Waals surface area contributed by atoms with Crippen LogP contribution in [-0.4, -0.2) is 52.0 Å². The predicted octanol–water partition coefficient (Wildman–Crippen LogP) is 1.79. The molecule has 9 nitrogen and oxygen atoms in total. The number of nitrogens with one attached hydrogen (secondary N) is 1. The van der Waals surface area contributed by atoms with Crippen LogP contribution in [0.3, 0.4) is 0 Å². The zero-order valence-electron chi connectivity index (χ0n) is 15.4. The van der Waals surface area contributed by atoms with E-state index in [-0.39, 0.29) is 37.3 Å². The molecule has 1 aromatic carbocycles. The first-order valence-electron chi connectivity index (χ1n) is 8.27. The molecule has 1 aromatic rings. The minimum Gasteiger partial charge on any atom is -0.491 e. The Morgan fingerprint density at radius 1 is 1.35 bits per heavy atom. The van der Waals surface area contributed by atoms with Crippen LogP contribution < -0.4 is 10.1 Å². The van der Waals surface area contributed by atoms with Crippen LogP contribution in [0.2, 0.25) is 0 Å². The van der Waals surface area contributed by atoms with Gasteiger partial charge in [0.2, 0.25) is 5.91 Å². The van der Waals surface area contributed by atoms with Crippen LogP contribution in [0.1, 0.15) is 33.3 Å². The van der Waals surface area contributed by atoms with Gasteiger partial charge >= 0.3 is 5.97 Å². The second-order valence-electron chi connectivity index (χ2n) is 6.18. The van der Waals surface area contributed by atoms with Crippen LogP contribution >= 0.6 is 0 Å². The van der Waals surface area contributed by atoms with Gasteiger partial charge in [-0.15, -0.1) is 0 Å². The SMILES string of the molecule is CC(=O)NCCN(Cc1cc([N+](=O)[O-])ccc1OC(C)C)C(C)C(=O)O. The molecule has 0 heterocycles. The Bertz CT molecular complexity index is 662. The Hall–Kier alpha value is -2.68. The lowest BCUT2D eigenvalue weighted by atomic mass is 10.1. The average molecular weight is 367 g/mol. The molecule has 0 aliphatic carbocycles. The summed E-state index contributed by atoms with van der Waals surface area (Å²) in [7, 11) is 0. The van der Waals surface area contributed by atoms with E-state index >= 15 is 0 Å². The fourth-order valence-corrected chi connectivity index (χ4v) is 2.33. The van der Waals surface area contributed by atoms with Crippen LogP contribution in [0.25, 0.3) is 0 Å². The maximum atomic E-state index is 11.4. The average Bonchev–Trinajstić information content (AvgIpc) is 2.53. The van der Waals surface area contributed by atoms with E-state index in [0.29, 0.717) is 11.3 Å². The summed E-state index contributed by atoms with van der Waals surface area (Å²) in [4.78, 5) is 34.6. The van der Waals surface area contributed by atoms with Crippen molar-refractivity contribution in [3.05, 3.63) is 33.9 Å². The van der Waals surface area contributed by atoms with Crippen molar-refractivity contribution in [2.24, 2.45) is 0 Å². The number of hydrogen-bond acceptors (Lipinski definition) is 6. The third-order valence-corrected chi connectivity index (χ3v) is 3.67. The fourth-order valence-electron chi connectivity index (χ4n) is 2.33. The van der Waals surface area contributed by atoms with Gasteiger partial charge in [0.1, 0.15) is 11.8 Å². The van der Waals surface area contributed by atoms with E-state index in [1.807, 2.05) is 13.8 Å². The molecular formula is C17H25N3O6. The van der Waals surface area contributed by atoms with Crippen LogP contribution in [0, 0.1) is 10.1 Å². The van der Waals surface area contributed by atoms with E-state index in [2.05, 4.69) is 5.32 Å². The van der Waals surface area contributed by atoms with Crippen LogP contribution in [0.15, 0.2) is 18.2 Å². The molecule has 144 valence electrons. The van der Waals surface area contributed by atoms with Crippen molar-refractivity contribution in [3.8, 4) is 5.75 Å². The van der Waals surface area contributed by atoms with Gasteiger partial charge in [0.15, 0.2) is 0 Å². The van der Waals surface area contributed by atoms with Crippen LogP contribution in [0.4, 0.5) is 5.69 Å². The van der Waals surface area contributed by atoms with E-state index in [4.69, 9.17) is 4.74 Å². The van der Waals surface area contributed by atoms with Gasteiger partial charge < -0.3 is 15.2 Å². The third-order valence-electron chi connectivity index (χ3n) is 3.67. The molecule has 0 saturated heterocycles. The number of benzene rings is 1. The molecule has 2 N–H and O–H groups in total. The summed E-state index contributed by atoms with van der Waals surface area (Å²) in [6.07, 6.45) is -0.139. The largest absolute Gasteiger partial charge is 0.491 e. The minimum absolute atomic E-state index is 0.0964. The molecule has 1 atom stereocenters. The number of carbonyl (C=O) groups excluding carboxylic acids is 1. The molecule has 26 heavy (non-hydrogen) atoms. The molecule has 0 saturated carbocycles. The number of nitro groups is 1. The number of hydrogen-bond donors (Lipinski definition) is 2. The lowest BCUT2D eigenvalue weighted by molar-refractivity contribution is -0.385. The number of non-ortho nitro benzene ring substituents is 1. The third kappa shape index (κ3) is 6.67. The topological polar surface area (TPSA) is 122 Å². The highest BCUT2D eigenvalue weighted by Crippen LogP contribution is 2.27. The number of aliphatic carboxylic acids is 1. The summed E-state index contributed by atoms with van der Waals surface area (Å²) in [6.45, 7) is 7.24. The summed E-state index contributed by atoms with van der Waals surface area (Å²) < 4.78 is 5.70. The molecule has 1 unspecified atom stereocenters. The summed E-state index contributed by atoms with van der Waals surface area (Å²) in [5, 5.41) is 23.0. The quantitative estimate of drug-likeness (QED) is 0.477. The zero-order chi connectivity index (χ0) is 19.9. The smallest absolute Gasteiger partial charge is 0.320 e. The highest BCUT2D eigenvalue weighted by Gasteiger charge is 2.23. The van der Waals surface area contributed by atoms with E-state index in [1.165, 1.54) is 32.0 Å². The molecule has 1 amide bonds. The minimum atomic E-state index is -1.02. The number of nitrogens with zero attached hydrogens (tertiary/aromatic N) is 2. The van der Waals surface area contributed by atoms with E-state index in [0.717, 1.165) is 0 Å². The first-order chi connectivity index (χ1) is 12.1. The first kappa shape index (κ1) is 21.4. The van der Waals surface area contributed by atoms with Crippen LogP contribution in [-0.2, 0) is 16.1 Å². The predicted molar refractivity (Wildman–Crippen MR) is 95.1 cm³/mol. The van der Waals surface area contributed by atoms with Crippen molar-refractivity contribution in [1.82, 2.24) is 10.2 Å². The van der Waals surface area contributed by atoms with Gasteiger partial charge in [0, 0.05) is 44.3 Å². The highest BCUT2D eigenvalue weighted by molar-refractivity contribution is 5.73. The van der Waals surface area contributed by atoms with Crippen molar-refractivity contribution >= 4 is 17.6 Å². The molecular weight excluding hydrogens is 342 g/mol. The van der Waals surface area contributed by atoms with Gasteiger partial charge in [-0.3, -0.25) is 24.6 Å². The lowest BCUT2D eigenvalue weighted by Gasteiger charge is -2.27. The standard InChI is InChI=1S/C17H25N3O6/c1-11(2)26-16-6-5-15(20(24)25)9-14(16)10-19(12(3)17(22)23)8-7-18-13(4)21/h5-6,9,11-12H,7-8,10H2,1-4H3,(H,18,21)(H,22,23). The number of carboxylic acids is 1. The zero-order valence-corrected chi connectivity index (χ0v) is 15.4.